The fourth-order valence-electron chi connectivity index (χ4n) is 2.98. The first-order chi connectivity index (χ1) is 11.8. The molecule has 1 aliphatic heterocycles. The highest BCUT2D eigenvalue weighted by Gasteiger charge is 2.30. The highest BCUT2D eigenvalue weighted by Crippen LogP contribution is 2.24. The Bertz CT molecular complexity index is 681. The summed E-state index contributed by atoms with van der Waals surface area (Å²) in [5, 5.41) is 11.6. The van der Waals surface area contributed by atoms with Crippen LogP contribution in [0.4, 0.5) is 8.78 Å². The lowest BCUT2D eigenvalue weighted by atomic mass is 9.96. The van der Waals surface area contributed by atoms with Crippen molar-refractivity contribution < 1.29 is 28.3 Å². The number of halogens is 2. The van der Waals surface area contributed by atoms with E-state index < -0.39 is 35.5 Å². The van der Waals surface area contributed by atoms with Crippen LogP contribution >= 0.6 is 0 Å². The Balaban J connectivity index is 2.14. The molecule has 0 spiro atoms. The van der Waals surface area contributed by atoms with Crippen LogP contribution in [0.15, 0.2) is 18.2 Å². The van der Waals surface area contributed by atoms with Gasteiger partial charge in [0.2, 0.25) is 11.8 Å². The molecule has 0 aliphatic carbocycles. The van der Waals surface area contributed by atoms with Crippen LogP contribution in [0.25, 0.3) is 0 Å². The largest absolute Gasteiger partial charge is 0.481 e. The first-order valence-corrected chi connectivity index (χ1v) is 8.00. The van der Waals surface area contributed by atoms with Crippen LogP contribution in [0.2, 0.25) is 0 Å². The molecule has 1 saturated heterocycles. The van der Waals surface area contributed by atoms with Gasteiger partial charge < -0.3 is 15.3 Å². The number of carboxylic acid groups (broad SMARTS) is 1. The Morgan fingerprint density at radius 1 is 1.36 bits per heavy atom. The molecule has 2 amide bonds. The molecule has 0 aromatic heterocycles. The van der Waals surface area contributed by atoms with Crippen molar-refractivity contribution in [3.63, 3.8) is 0 Å². The second-order valence-electron chi connectivity index (χ2n) is 6.14. The zero-order valence-electron chi connectivity index (χ0n) is 13.8. The molecule has 2 N–H and O–H groups in total. The quantitative estimate of drug-likeness (QED) is 0.845. The monoisotopic (exact) mass is 354 g/mol. The second kappa shape index (κ2) is 8.04. The third-order valence-electron chi connectivity index (χ3n) is 4.22. The molecule has 1 aliphatic rings. The van der Waals surface area contributed by atoms with E-state index in [1.807, 2.05) is 0 Å². The molecule has 2 rings (SSSR count). The number of carbonyl (C=O) groups is 3. The van der Waals surface area contributed by atoms with Gasteiger partial charge in [0, 0.05) is 31.6 Å². The van der Waals surface area contributed by atoms with Crippen molar-refractivity contribution in [3.05, 3.63) is 35.4 Å². The van der Waals surface area contributed by atoms with E-state index in [1.165, 1.54) is 17.9 Å². The smallest absolute Gasteiger partial charge is 0.308 e. The molecule has 1 fully saturated rings. The third-order valence-corrected chi connectivity index (χ3v) is 4.22. The van der Waals surface area contributed by atoms with Crippen molar-refractivity contribution in [1.29, 1.82) is 0 Å². The van der Waals surface area contributed by atoms with Crippen LogP contribution in [-0.4, -0.2) is 40.9 Å². The predicted octanol–water partition coefficient (Wildman–Crippen LogP) is 1.86. The summed E-state index contributed by atoms with van der Waals surface area (Å²) in [6.07, 6.45) is 0.841. The Kier molecular flexibility index (Phi) is 6.06. The van der Waals surface area contributed by atoms with Crippen LogP contribution in [0, 0.1) is 17.6 Å². The van der Waals surface area contributed by atoms with Gasteiger partial charge in [0.25, 0.3) is 0 Å². The van der Waals surface area contributed by atoms with Crippen molar-refractivity contribution in [1.82, 2.24) is 10.2 Å². The first-order valence-electron chi connectivity index (χ1n) is 8.00. The van der Waals surface area contributed by atoms with E-state index in [0.29, 0.717) is 25.5 Å². The van der Waals surface area contributed by atoms with Crippen molar-refractivity contribution in [2.24, 2.45) is 5.92 Å². The summed E-state index contributed by atoms with van der Waals surface area (Å²) in [5.74, 6) is -4.03. The molecule has 0 radical (unpaired) electrons. The Labute approximate surface area is 143 Å². The van der Waals surface area contributed by atoms with Crippen LogP contribution < -0.4 is 5.32 Å². The molecular weight excluding hydrogens is 334 g/mol. The topological polar surface area (TPSA) is 86.7 Å². The maximum Gasteiger partial charge on any atom is 0.308 e. The molecule has 136 valence electrons. The molecule has 0 bridgehead atoms. The summed E-state index contributed by atoms with van der Waals surface area (Å²) in [4.78, 5) is 36.4. The lowest BCUT2D eigenvalue weighted by molar-refractivity contribution is -0.145. The van der Waals surface area contributed by atoms with E-state index >= 15 is 0 Å². The maximum absolute atomic E-state index is 14.0. The number of nitrogens with zero attached hydrogens (tertiary/aromatic N) is 1. The molecule has 1 aromatic rings. The van der Waals surface area contributed by atoms with E-state index in [-0.39, 0.29) is 24.4 Å². The maximum atomic E-state index is 14.0. The van der Waals surface area contributed by atoms with Gasteiger partial charge in [0.05, 0.1) is 18.4 Å². The number of piperidine rings is 1. The number of carbonyl (C=O) groups excluding carboxylic acids is 2. The fraction of sp³-hybridized carbons (Fsp3) is 0.471. The van der Waals surface area contributed by atoms with Gasteiger partial charge in [-0.3, -0.25) is 14.4 Å². The predicted molar refractivity (Wildman–Crippen MR) is 84.5 cm³/mol. The van der Waals surface area contributed by atoms with Gasteiger partial charge in [-0.2, -0.15) is 0 Å². The van der Waals surface area contributed by atoms with E-state index in [4.69, 9.17) is 5.11 Å². The molecule has 2 unspecified atom stereocenters. The standard InChI is InChI=1S/C17H20F2N2O4/c1-10(22)20-15(13-5-4-12(18)7-14(13)19)8-16(23)21-6-2-3-11(9-21)17(24)25/h4-5,7,11,15H,2-3,6,8-9H2,1H3,(H,20,22)(H,24,25). The number of carboxylic acids is 1. The Morgan fingerprint density at radius 2 is 2.08 bits per heavy atom. The van der Waals surface area contributed by atoms with E-state index in [2.05, 4.69) is 5.32 Å². The van der Waals surface area contributed by atoms with Gasteiger partial charge in [-0.1, -0.05) is 6.07 Å². The van der Waals surface area contributed by atoms with Crippen molar-refractivity contribution in [2.45, 2.75) is 32.2 Å². The Hall–Kier alpha value is -2.51. The van der Waals surface area contributed by atoms with Crippen molar-refractivity contribution in [3.8, 4) is 0 Å². The molecule has 8 heteroatoms. The third kappa shape index (κ3) is 4.98. The zero-order chi connectivity index (χ0) is 18.6. The van der Waals surface area contributed by atoms with Crippen LogP contribution in [0.1, 0.15) is 37.8 Å². The zero-order valence-corrected chi connectivity index (χ0v) is 13.8. The van der Waals surface area contributed by atoms with Gasteiger partial charge >= 0.3 is 5.97 Å². The first kappa shape index (κ1) is 18.8. The number of aliphatic carboxylic acids is 1. The number of rotatable bonds is 5. The molecule has 2 atom stereocenters. The number of hydrogen-bond donors (Lipinski definition) is 2. The summed E-state index contributed by atoms with van der Waals surface area (Å²) >= 11 is 0. The minimum atomic E-state index is -0.958. The van der Waals surface area contributed by atoms with Gasteiger partial charge in [-0.15, -0.1) is 0 Å². The summed E-state index contributed by atoms with van der Waals surface area (Å²) < 4.78 is 27.1. The highest BCUT2D eigenvalue weighted by molar-refractivity contribution is 5.80. The normalized spacial score (nSPS) is 18.5. The summed E-state index contributed by atoms with van der Waals surface area (Å²) in [7, 11) is 0. The SMILES string of the molecule is CC(=O)NC(CC(=O)N1CCCC(C(=O)O)C1)c1ccc(F)cc1F. The second-order valence-corrected chi connectivity index (χ2v) is 6.14. The van der Waals surface area contributed by atoms with Gasteiger partial charge in [0.15, 0.2) is 0 Å². The van der Waals surface area contributed by atoms with Crippen LogP contribution in [0.3, 0.4) is 0 Å². The molecule has 1 aromatic carbocycles. The average molecular weight is 354 g/mol. The molecule has 6 nitrogen and oxygen atoms in total. The van der Waals surface area contributed by atoms with Gasteiger partial charge in [-0.05, 0) is 18.9 Å². The number of benzene rings is 1. The Morgan fingerprint density at radius 3 is 2.68 bits per heavy atom. The lowest BCUT2D eigenvalue weighted by Crippen LogP contribution is -2.43. The van der Waals surface area contributed by atoms with Crippen LogP contribution in [0.5, 0.6) is 0 Å². The molecular formula is C17H20F2N2O4. The molecule has 0 saturated carbocycles. The molecule has 25 heavy (non-hydrogen) atoms. The van der Waals surface area contributed by atoms with Gasteiger partial charge in [-0.25, -0.2) is 8.78 Å². The lowest BCUT2D eigenvalue weighted by Gasteiger charge is -2.32. The van der Waals surface area contributed by atoms with Crippen LogP contribution in [-0.2, 0) is 14.4 Å². The van der Waals surface area contributed by atoms with Crippen molar-refractivity contribution >= 4 is 17.8 Å². The molecule has 1 heterocycles. The van der Waals surface area contributed by atoms with Gasteiger partial charge in [0.1, 0.15) is 11.6 Å². The highest BCUT2D eigenvalue weighted by atomic mass is 19.1. The number of nitrogens with one attached hydrogen (secondary N) is 1. The van der Waals surface area contributed by atoms with E-state index in [1.54, 1.807) is 0 Å². The number of likely N-dealkylation sites (tertiary alicyclic amines) is 1. The summed E-state index contributed by atoms with van der Waals surface area (Å²) in [5.41, 5.74) is 0.0109. The van der Waals surface area contributed by atoms with Crippen molar-refractivity contribution in [2.75, 3.05) is 13.1 Å². The number of amides is 2. The van der Waals surface area contributed by atoms with E-state index in [0.717, 1.165) is 6.07 Å². The fourth-order valence-corrected chi connectivity index (χ4v) is 2.98. The minimum absolute atomic E-state index is 0.0109. The average Bonchev–Trinajstić information content (AvgIpc) is 2.54. The van der Waals surface area contributed by atoms with E-state index in [9.17, 15) is 23.2 Å². The minimum Gasteiger partial charge on any atom is -0.481 e. The number of hydrogen-bond acceptors (Lipinski definition) is 3. The summed E-state index contributed by atoms with van der Waals surface area (Å²) in [6, 6.07) is 1.99. The summed E-state index contributed by atoms with van der Waals surface area (Å²) in [6.45, 7) is 1.74.